The molecular weight excluding hydrogens is 284 g/mol. The van der Waals surface area contributed by atoms with E-state index in [9.17, 15) is 0 Å². The first-order valence-electron chi connectivity index (χ1n) is 6.72. The molecule has 0 radical (unpaired) electrons. The first kappa shape index (κ1) is 13.9. The lowest BCUT2D eigenvalue weighted by Crippen LogP contribution is -2.04. The molecule has 0 aliphatic carbocycles. The highest BCUT2D eigenvalue weighted by Gasteiger charge is 2.08. The van der Waals surface area contributed by atoms with Crippen molar-refractivity contribution < 1.29 is 4.74 Å². The maximum absolute atomic E-state index is 6.29. The Labute approximate surface area is 128 Å². The van der Waals surface area contributed by atoms with Crippen molar-refractivity contribution >= 4 is 22.5 Å². The molecule has 3 rings (SSSR count). The zero-order valence-corrected chi connectivity index (χ0v) is 12.4. The van der Waals surface area contributed by atoms with Crippen molar-refractivity contribution in [2.24, 2.45) is 0 Å². The van der Waals surface area contributed by atoms with Crippen LogP contribution in [0.2, 0.25) is 5.02 Å². The van der Waals surface area contributed by atoms with Gasteiger partial charge >= 0.3 is 0 Å². The minimum absolute atomic E-state index is 0.593. The highest BCUT2D eigenvalue weighted by Crippen LogP contribution is 2.33. The van der Waals surface area contributed by atoms with Crippen molar-refractivity contribution in [3.05, 3.63) is 65.3 Å². The Balaban J connectivity index is 1.95. The van der Waals surface area contributed by atoms with Gasteiger partial charge in [0.15, 0.2) is 5.75 Å². The average molecular weight is 299 g/mol. The number of nitrogens with one attached hydrogen (secondary N) is 1. The van der Waals surface area contributed by atoms with Crippen LogP contribution in [-0.4, -0.2) is 12.0 Å². The zero-order chi connectivity index (χ0) is 14.7. The molecule has 0 atom stereocenters. The molecule has 0 amide bonds. The van der Waals surface area contributed by atoms with Gasteiger partial charge in [0.2, 0.25) is 0 Å². The van der Waals surface area contributed by atoms with Crippen molar-refractivity contribution in [3.8, 4) is 11.5 Å². The Bertz CT molecular complexity index is 768. The molecule has 1 aromatic heterocycles. The molecule has 4 heteroatoms. The summed E-state index contributed by atoms with van der Waals surface area (Å²) in [6.07, 6.45) is 1.76. The molecule has 2 aromatic carbocycles. The molecule has 0 bridgehead atoms. The molecule has 0 aliphatic heterocycles. The Morgan fingerprint density at radius 1 is 1.10 bits per heavy atom. The number of rotatable bonds is 4. The molecule has 0 saturated heterocycles. The van der Waals surface area contributed by atoms with Crippen LogP contribution in [0.25, 0.3) is 10.9 Å². The quantitative estimate of drug-likeness (QED) is 0.775. The molecule has 3 aromatic rings. The number of para-hydroxylation sites is 1. The van der Waals surface area contributed by atoms with Gasteiger partial charge in [0.1, 0.15) is 11.3 Å². The van der Waals surface area contributed by atoms with E-state index in [1.807, 2.05) is 55.6 Å². The van der Waals surface area contributed by atoms with Crippen molar-refractivity contribution in [3.63, 3.8) is 0 Å². The number of aromatic nitrogens is 1. The van der Waals surface area contributed by atoms with E-state index >= 15 is 0 Å². The van der Waals surface area contributed by atoms with Crippen LogP contribution in [0.5, 0.6) is 11.5 Å². The van der Waals surface area contributed by atoms with Crippen LogP contribution >= 0.6 is 11.6 Å². The van der Waals surface area contributed by atoms with Crippen molar-refractivity contribution in [2.75, 3.05) is 7.05 Å². The number of ether oxygens (including phenoxy) is 1. The zero-order valence-electron chi connectivity index (χ0n) is 11.6. The van der Waals surface area contributed by atoms with Gasteiger partial charge in [-0.15, -0.1) is 0 Å². The minimum atomic E-state index is 0.593. The van der Waals surface area contributed by atoms with Crippen molar-refractivity contribution in [2.45, 2.75) is 6.54 Å². The Kier molecular flexibility index (Phi) is 4.04. The number of hydrogen-bond acceptors (Lipinski definition) is 3. The summed E-state index contributed by atoms with van der Waals surface area (Å²) in [6.45, 7) is 0.774. The minimum Gasteiger partial charge on any atom is -0.454 e. The molecule has 0 aliphatic rings. The fourth-order valence-electron chi connectivity index (χ4n) is 2.22. The van der Waals surface area contributed by atoms with Gasteiger partial charge in [0.25, 0.3) is 0 Å². The number of halogens is 1. The lowest BCUT2D eigenvalue weighted by Gasteiger charge is -2.10. The monoisotopic (exact) mass is 298 g/mol. The third-order valence-electron chi connectivity index (χ3n) is 3.19. The van der Waals surface area contributed by atoms with Gasteiger partial charge in [-0.1, -0.05) is 35.9 Å². The van der Waals surface area contributed by atoms with E-state index in [0.29, 0.717) is 16.5 Å². The highest BCUT2D eigenvalue weighted by molar-refractivity contribution is 6.32. The Morgan fingerprint density at radius 3 is 2.76 bits per heavy atom. The predicted octanol–water partition coefficient (Wildman–Crippen LogP) is 4.40. The maximum Gasteiger partial charge on any atom is 0.153 e. The molecule has 0 spiro atoms. The van der Waals surface area contributed by atoms with Crippen LogP contribution in [0.3, 0.4) is 0 Å². The lowest BCUT2D eigenvalue weighted by atomic mass is 10.2. The van der Waals surface area contributed by atoms with E-state index in [2.05, 4.69) is 10.3 Å². The second-order valence-electron chi connectivity index (χ2n) is 4.73. The highest BCUT2D eigenvalue weighted by atomic mass is 35.5. The SMILES string of the molecule is CNCc1ccc(Oc2cccc3cccnc23)c(Cl)c1. The summed E-state index contributed by atoms with van der Waals surface area (Å²) in [5.41, 5.74) is 1.95. The normalized spacial score (nSPS) is 10.8. The number of hydrogen-bond donors (Lipinski definition) is 1. The largest absolute Gasteiger partial charge is 0.454 e. The first-order valence-corrected chi connectivity index (χ1v) is 7.10. The van der Waals surface area contributed by atoms with E-state index < -0.39 is 0 Å². The average Bonchev–Trinajstić information content (AvgIpc) is 2.51. The standard InChI is InChI=1S/C17H15ClN2O/c1-19-11-12-7-8-15(14(18)10-12)21-16-6-2-4-13-5-3-9-20-17(13)16/h2-10,19H,11H2,1H3. The first-order chi connectivity index (χ1) is 10.3. The summed E-state index contributed by atoms with van der Waals surface area (Å²) >= 11 is 6.29. The van der Waals surface area contributed by atoms with Gasteiger partial charge in [-0.05, 0) is 36.9 Å². The summed E-state index contributed by atoms with van der Waals surface area (Å²) in [6, 6.07) is 15.6. The molecule has 106 valence electrons. The van der Waals surface area contributed by atoms with Gasteiger partial charge in [0, 0.05) is 18.1 Å². The van der Waals surface area contributed by atoms with Crippen LogP contribution in [0, 0.1) is 0 Å². The third-order valence-corrected chi connectivity index (χ3v) is 3.49. The van der Waals surface area contributed by atoms with Crippen LogP contribution in [0.1, 0.15) is 5.56 Å². The van der Waals surface area contributed by atoms with Gasteiger partial charge in [-0.3, -0.25) is 4.98 Å². The van der Waals surface area contributed by atoms with Gasteiger partial charge in [0.05, 0.1) is 5.02 Å². The second kappa shape index (κ2) is 6.12. The Hall–Kier alpha value is -2.10. The Morgan fingerprint density at radius 2 is 1.95 bits per heavy atom. The summed E-state index contributed by atoms with van der Waals surface area (Å²) in [4.78, 5) is 4.38. The van der Waals surface area contributed by atoms with Crippen LogP contribution in [0.15, 0.2) is 54.7 Å². The van der Waals surface area contributed by atoms with Crippen LogP contribution in [0.4, 0.5) is 0 Å². The smallest absolute Gasteiger partial charge is 0.153 e. The summed E-state index contributed by atoms with van der Waals surface area (Å²) in [7, 11) is 1.90. The molecule has 0 saturated carbocycles. The molecule has 1 heterocycles. The maximum atomic E-state index is 6.29. The molecule has 3 nitrogen and oxygen atoms in total. The lowest BCUT2D eigenvalue weighted by molar-refractivity contribution is 0.487. The number of nitrogens with zero attached hydrogens (tertiary/aromatic N) is 1. The van der Waals surface area contributed by atoms with E-state index in [1.165, 1.54) is 0 Å². The fourth-order valence-corrected chi connectivity index (χ4v) is 2.46. The van der Waals surface area contributed by atoms with Gasteiger partial charge in [-0.25, -0.2) is 0 Å². The van der Waals surface area contributed by atoms with E-state index in [1.54, 1.807) is 6.20 Å². The predicted molar refractivity (Wildman–Crippen MR) is 86.0 cm³/mol. The second-order valence-corrected chi connectivity index (χ2v) is 5.14. The van der Waals surface area contributed by atoms with E-state index in [-0.39, 0.29) is 0 Å². The summed E-state index contributed by atoms with van der Waals surface area (Å²) in [5, 5.41) is 4.73. The summed E-state index contributed by atoms with van der Waals surface area (Å²) < 4.78 is 5.94. The van der Waals surface area contributed by atoms with E-state index in [4.69, 9.17) is 16.3 Å². The van der Waals surface area contributed by atoms with Gasteiger partial charge < -0.3 is 10.1 Å². The number of pyridine rings is 1. The van der Waals surface area contributed by atoms with Crippen molar-refractivity contribution in [1.29, 1.82) is 0 Å². The topological polar surface area (TPSA) is 34.1 Å². The number of fused-ring (bicyclic) bond motifs is 1. The molecule has 1 N–H and O–H groups in total. The van der Waals surface area contributed by atoms with Gasteiger partial charge in [-0.2, -0.15) is 0 Å². The number of benzene rings is 2. The molecule has 21 heavy (non-hydrogen) atoms. The van der Waals surface area contributed by atoms with Crippen LogP contribution in [-0.2, 0) is 6.54 Å². The molecule has 0 fully saturated rings. The summed E-state index contributed by atoms with van der Waals surface area (Å²) in [5.74, 6) is 1.34. The van der Waals surface area contributed by atoms with Crippen molar-refractivity contribution in [1.82, 2.24) is 10.3 Å². The van der Waals surface area contributed by atoms with E-state index in [0.717, 1.165) is 23.0 Å². The third kappa shape index (κ3) is 2.99. The molecular formula is C17H15ClN2O. The fraction of sp³-hybridized carbons (Fsp3) is 0.118. The van der Waals surface area contributed by atoms with Crippen LogP contribution < -0.4 is 10.1 Å². The molecule has 0 unspecified atom stereocenters.